The summed E-state index contributed by atoms with van der Waals surface area (Å²) in [5.74, 6) is -0.125. The fourth-order valence-electron chi connectivity index (χ4n) is 0.351. The number of Topliss-reactive ketones (excluding diaryl/α,β-unsaturated/α-hetero) is 2. The summed E-state index contributed by atoms with van der Waals surface area (Å²) in [5, 5.41) is 0. The second-order valence-corrected chi connectivity index (χ2v) is 1.58. The monoisotopic (exact) mass is 166 g/mol. The lowest BCUT2D eigenvalue weighted by atomic mass is 10.2. The van der Waals surface area contributed by atoms with Crippen LogP contribution in [0.15, 0.2) is 0 Å². The molecule has 0 radical (unpaired) electrons. The third-order valence-corrected chi connectivity index (χ3v) is 0.498. The summed E-state index contributed by atoms with van der Waals surface area (Å²) in [5.41, 5.74) is 0. The maximum atomic E-state index is 10.0. The van der Waals surface area contributed by atoms with Gasteiger partial charge >= 0.3 is 0 Å². The van der Waals surface area contributed by atoms with Crippen LogP contribution in [0.2, 0.25) is 0 Å². The van der Waals surface area contributed by atoms with Crippen molar-refractivity contribution in [2.24, 2.45) is 0 Å². The van der Waals surface area contributed by atoms with Crippen LogP contribution in [-0.2, 0) is 9.59 Å². The molecule has 4 heteroatoms. The zero-order valence-electron chi connectivity index (χ0n) is 4.93. The van der Waals surface area contributed by atoms with Gasteiger partial charge in [0.05, 0.1) is 6.42 Å². The minimum atomic E-state index is -0.0625. The summed E-state index contributed by atoms with van der Waals surface area (Å²) < 4.78 is 0. The molecular formula is C5H12AlClO2. The van der Waals surface area contributed by atoms with Crippen molar-refractivity contribution in [3.8, 4) is 0 Å². The van der Waals surface area contributed by atoms with Gasteiger partial charge in [-0.2, -0.15) is 0 Å². The van der Waals surface area contributed by atoms with Crippen molar-refractivity contribution in [2.45, 2.75) is 20.3 Å². The molecule has 0 aromatic carbocycles. The van der Waals surface area contributed by atoms with E-state index in [1.807, 2.05) is 0 Å². The third-order valence-electron chi connectivity index (χ3n) is 0.498. The van der Waals surface area contributed by atoms with E-state index in [-0.39, 0.29) is 47.8 Å². The third kappa shape index (κ3) is 17.9. The number of carbonyl (C=O) groups is 2. The molecule has 0 atom stereocenters. The molecule has 0 aliphatic heterocycles. The SMILES string of the molecule is CC(=O)CC(C)=O.Cl.[AlH3]. The first-order valence-corrected chi connectivity index (χ1v) is 2.12. The zero-order valence-corrected chi connectivity index (χ0v) is 5.75. The summed E-state index contributed by atoms with van der Waals surface area (Å²) in [6.45, 7) is 2.81. The summed E-state index contributed by atoms with van der Waals surface area (Å²) >= 11 is 0. The molecule has 0 heterocycles. The van der Waals surface area contributed by atoms with Crippen molar-refractivity contribution in [1.29, 1.82) is 0 Å². The highest BCUT2D eigenvalue weighted by molar-refractivity contribution is 5.96. The minimum absolute atomic E-state index is 0. The minimum Gasteiger partial charge on any atom is -0.300 e. The van der Waals surface area contributed by atoms with E-state index >= 15 is 0 Å². The first-order valence-electron chi connectivity index (χ1n) is 2.12. The lowest BCUT2D eigenvalue weighted by Crippen LogP contribution is -1.97. The van der Waals surface area contributed by atoms with Crippen LogP contribution in [0.3, 0.4) is 0 Å². The number of hydrogen-bond donors (Lipinski definition) is 0. The van der Waals surface area contributed by atoms with Gasteiger partial charge in [-0.15, -0.1) is 12.4 Å². The van der Waals surface area contributed by atoms with E-state index in [9.17, 15) is 9.59 Å². The fourth-order valence-corrected chi connectivity index (χ4v) is 0.351. The number of hydrogen-bond acceptors (Lipinski definition) is 2. The number of carbonyl (C=O) groups excluding carboxylic acids is 2. The Hall–Kier alpha value is 0.162. The van der Waals surface area contributed by atoms with Crippen LogP contribution in [0.5, 0.6) is 0 Å². The van der Waals surface area contributed by atoms with Gasteiger partial charge in [0, 0.05) is 0 Å². The Morgan fingerprint density at radius 3 is 1.33 bits per heavy atom. The second-order valence-electron chi connectivity index (χ2n) is 1.58. The molecule has 0 aromatic heterocycles. The van der Waals surface area contributed by atoms with E-state index in [4.69, 9.17) is 0 Å². The summed E-state index contributed by atoms with van der Waals surface area (Å²) in [6, 6.07) is 0. The van der Waals surface area contributed by atoms with Crippen LogP contribution in [0, 0.1) is 0 Å². The number of halogens is 1. The molecule has 0 bridgehead atoms. The van der Waals surface area contributed by atoms with Crippen molar-refractivity contribution < 1.29 is 9.59 Å². The largest absolute Gasteiger partial charge is 0.300 e. The van der Waals surface area contributed by atoms with Crippen LogP contribution < -0.4 is 0 Å². The molecule has 9 heavy (non-hydrogen) atoms. The van der Waals surface area contributed by atoms with Crippen molar-refractivity contribution >= 4 is 41.3 Å². The molecule has 54 valence electrons. The first kappa shape index (κ1) is 16.1. The highest BCUT2D eigenvalue weighted by Gasteiger charge is 1.94. The summed E-state index contributed by atoms with van der Waals surface area (Å²) in [4.78, 5) is 20.1. The molecular weight excluding hydrogens is 154 g/mol. The quantitative estimate of drug-likeness (QED) is 0.420. The van der Waals surface area contributed by atoms with Gasteiger partial charge in [-0.3, -0.25) is 9.59 Å². The normalized spacial score (nSPS) is 6.44. The average molecular weight is 167 g/mol. The van der Waals surface area contributed by atoms with Gasteiger partial charge in [0.25, 0.3) is 0 Å². The molecule has 0 saturated carbocycles. The van der Waals surface area contributed by atoms with E-state index < -0.39 is 0 Å². The molecule has 0 aliphatic carbocycles. The summed E-state index contributed by atoms with van der Waals surface area (Å²) in [6.07, 6.45) is 0.0833. The van der Waals surface area contributed by atoms with Crippen molar-refractivity contribution in [1.82, 2.24) is 0 Å². The van der Waals surface area contributed by atoms with Crippen LogP contribution in [0.4, 0.5) is 0 Å². The lowest BCUT2D eigenvalue weighted by molar-refractivity contribution is -0.124. The van der Waals surface area contributed by atoms with E-state index in [1.165, 1.54) is 13.8 Å². The van der Waals surface area contributed by atoms with Crippen LogP contribution in [0.1, 0.15) is 20.3 Å². The topological polar surface area (TPSA) is 34.1 Å². The predicted molar refractivity (Wildman–Crippen MR) is 43.2 cm³/mol. The van der Waals surface area contributed by atoms with Gasteiger partial charge in [0.2, 0.25) is 0 Å². The highest BCUT2D eigenvalue weighted by Crippen LogP contribution is 1.80. The fraction of sp³-hybridized carbons (Fsp3) is 0.600. The second kappa shape index (κ2) is 8.16. The molecule has 0 rings (SSSR count). The maximum absolute atomic E-state index is 10.0. The van der Waals surface area contributed by atoms with E-state index in [0.29, 0.717) is 0 Å². The van der Waals surface area contributed by atoms with E-state index in [1.54, 1.807) is 0 Å². The Labute approximate surface area is 71.5 Å². The zero-order chi connectivity index (χ0) is 5.86. The molecule has 0 N–H and O–H groups in total. The lowest BCUT2D eigenvalue weighted by Gasteiger charge is -1.81. The van der Waals surface area contributed by atoms with Crippen LogP contribution >= 0.6 is 12.4 Å². The molecule has 0 spiro atoms. The van der Waals surface area contributed by atoms with Crippen molar-refractivity contribution in [3.63, 3.8) is 0 Å². The summed E-state index contributed by atoms with van der Waals surface area (Å²) in [7, 11) is 0. The Kier molecular flexibility index (Phi) is 14.6. The number of ketones is 2. The van der Waals surface area contributed by atoms with Crippen molar-refractivity contribution in [3.05, 3.63) is 0 Å². The molecule has 0 aliphatic rings. The Bertz CT molecular complexity index is 91.1. The molecule has 0 saturated heterocycles. The van der Waals surface area contributed by atoms with Gasteiger partial charge < -0.3 is 0 Å². The van der Waals surface area contributed by atoms with E-state index in [0.717, 1.165) is 0 Å². The predicted octanol–water partition coefficient (Wildman–Crippen LogP) is -0.208. The van der Waals surface area contributed by atoms with Gasteiger partial charge in [-0.05, 0) is 13.8 Å². The van der Waals surface area contributed by atoms with Crippen LogP contribution in [0.25, 0.3) is 0 Å². The molecule has 0 aromatic rings. The van der Waals surface area contributed by atoms with Crippen molar-refractivity contribution in [2.75, 3.05) is 0 Å². The standard InChI is InChI=1S/C5H8O2.Al.ClH.3H/c1-4(6)3-5(2)7;;;;;/h3H2,1-2H3;;1H;;;. The van der Waals surface area contributed by atoms with Crippen LogP contribution in [-0.4, -0.2) is 28.9 Å². The Balaban J connectivity index is -0.000000180. The van der Waals surface area contributed by atoms with Gasteiger partial charge in [-0.25, -0.2) is 0 Å². The van der Waals surface area contributed by atoms with Gasteiger partial charge in [-0.1, -0.05) is 0 Å². The molecule has 0 unspecified atom stereocenters. The Morgan fingerprint density at radius 2 is 1.33 bits per heavy atom. The van der Waals surface area contributed by atoms with E-state index in [2.05, 4.69) is 0 Å². The smallest absolute Gasteiger partial charge is 0.187 e. The number of rotatable bonds is 2. The first-order chi connectivity index (χ1) is 3.13. The maximum Gasteiger partial charge on any atom is 0.187 e. The average Bonchev–Trinajstić information content (AvgIpc) is 1.27. The highest BCUT2D eigenvalue weighted by atomic mass is 35.5. The van der Waals surface area contributed by atoms with Gasteiger partial charge in [0.1, 0.15) is 11.6 Å². The van der Waals surface area contributed by atoms with Gasteiger partial charge in [0.15, 0.2) is 17.4 Å². The molecule has 2 nitrogen and oxygen atoms in total. The molecule has 0 fully saturated rings. The molecule has 0 amide bonds. The Morgan fingerprint density at radius 1 is 1.11 bits per heavy atom.